The van der Waals surface area contributed by atoms with Gasteiger partial charge in [0.25, 0.3) is 0 Å². The van der Waals surface area contributed by atoms with E-state index in [1.54, 1.807) is 31.2 Å². The number of hydrogen-bond donors (Lipinski definition) is 1. The largest absolute Gasteiger partial charge is 0.486 e. The molecule has 2 aromatic rings. The predicted molar refractivity (Wildman–Crippen MR) is 90.6 cm³/mol. The molecule has 25 heavy (non-hydrogen) atoms. The van der Waals surface area contributed by atoms with Gasteiger partial charge in [0.1, 0.15) is 6.61 Å². The van der Waals surface area contributed by atoms with Crippen LogP contribution in [0.2, 0.25) is 0 Å². The molecule has 3 rings (SSSR count). The number of carbonyl (C=O) groups excluding carboxylic acids is 1. The van der Waals surface area contributed by atoms with Gasteiger partial charge in [-0.2, -0.15) is 5.06 Å². The Labute approximate surface area is 145 Å². The van der Waals surface area contributed by atoms with Gasteiger partial charge in [-0.1, -0.05) is 18.2 Å². The zero-order valence-electron chi connectivity index (χ0n) is 14.2. The van der Waals surface area contributed by atoms with Crippen LogP contribution in [-0.2, 0) is 11.3 Å². The monoisotopic (exact) mass is 345 g/mol. The van der Waals surface area contributed by atoms with Gasteiger partial charge in [0, 0.05) is 5.56 Å². The summed E-state index contributed by atoms with van der Waals surface area (Å²) in [6.45, 7) is 1.84. The third kappa shape index (κ3) is 3.74. The molecule has 5 nitrogen and oxygen atoms in total. The Morgan fingerprint density at radius 2 is 2.08 bits per heavy atom. The van der Waals surface area contributed by atoms with Crippen molar-refractivity contribution in [3.63, 3.8) is 0 Å². The number of anilines is 1. The molecule has 0 aromatic heterocycles. The summed E-state index contributed by atoms with van der Waals surface area (Å²) in [6.07, 6.45) is 1.19. The van der Waals surface area contributed by atoms with Gasteiger partial charge >= 0.3 is 6.09 Å². The molecular formula is C19H20FNO4. The highest BCUT2D eigenvalue weighted by Crippen LogP contribution is 2.44. The minimum Gasteiger partial charge on any atom is -0.486 e. The summed E-state index contributed by atoms with van der Waals surface area (Å²) >= 11 is 0. The third-order valence-electron chi connectivity index (χ3n) is 4.24. The number of carbonyl (C=O) groups is 1. The maximum atomic E-state index is 14.0. The average molecular weight is 345 g/mol. The lowest BCUT2D eigenvalue weighted by Gasteiger charge is -2.20. The lowest BCUT2D eigenvalue weighted by molar-refractivity contribution is 0.140. The molecule has 0 spiro atoms. The summed E-state index contributed by atoms with van der Waals surface area (Å²) in [4.78, 5) is 11.7. The van der Waals surface area contributed by atoms with Crippen molar-refractivity contribution in [1.29, 1.82) is 0 Å². The molecule has 132 valence electrons. The fourth-order valence-electron chi connectivity index (χ4n) is 2.78. The number of nitrogens with zero attached hydrogens (tertiary/aromatic N) is 1. The van der Waals surface area contributed by atoms with E-state index < -0.39 is 11.9 Å². The van der Waals surface area contributed by atoms with Crippen LogP contribution in [-0.4, -0.2) is 18.4 Å². The summed E-state index contributed by atoms with van der Waals surface area (Å²) in [5, 5.41) is 10.6. The maximum Gasteiger partial charge on any atom is 0.438 e. The van der Waals surface area contributed by atoms with Crippen LogP contribution < -0.4 is 9.80 Å². The number of amides is 1. The minimum absolute atomic E-state index is 0.0377. The predicted octanol–water partition coefficient (Wildman–Crippen LogP) is 4.55. The molecule has 1 aliphatic carbocycles. The van der Waals surface area contributed by atoms with Crippen molar-refractivity contribution >= 4 is 11.8 Å². The SMILES string of the molecule is COC(=O)N(O)c1cccc(C2CC2)c1COc1ccc(C)cc1F. The Bertz CT molecular complexity index is 789. The number of hydrogen-bond acceptors (Lipinski definition) is 4. The fraction of sp³-hybridized carbons (Fsp3) is 0.316. The first-order chi connectivity index (χ1) is 12.0. The number of halogens is 1. The van der Waals surface area contributed by atoms with Crippen LogP contribution in [0.15, 0.2) is 36.4 Å². The van der Waals surface area contributed by atoms with Crippen LogP contribution in [0.1, 0.15) is 35.4 Å². The van der Waals surface area contributed by atoms with Crippen molar-refractivity contribution in [1.82, 2.24) is 0 Å². The second kappa shape index (κ2) is 7.11. The standard InChI is InChI=1S/C19H20FNO4/c1-12-6-9-18(16(20)10-12)25-11-15-14(13-7-8-13)4-3-5-17(15)21(23)19(22)24-2/h3-6,9-10,13,23H,7-8,11H2,1-2H3. The van der Waals surface area contributed by atoms with E-state index in [1.807, 2.05) is 6.07 Å². The van der Waals surface area contributed by atoms with E-state index >= 15 is 0 Å². The quantitative estimate of drug-likeness (QED) is 0.638. The van der Waals surface area contributed by atoms with Crippen LogP contribution in [0.5, 0.6) is 5.75 Å². The van der Waals surface area contributed by atoms with Gasteiger partial charge in [0.05, 0.1) is 12.8 Å². The van der Waals surface area contributed by atoms with E-state index in [0.29, 0.717) is 16.5 Å². The molecule has 0 unspecified atom stereocenters. The lowest BCUT2D eigenvalue weighted by Crippen LogP contribution is -2.28. The molecule has 1 fully saturated rings. The summed E-state index contributed by atoms with van der Waals surface area (Å²) in [5.41, 5.74) is 2.73. The Kier molecular flexibility index (Phi) is 4.90. The van der Waals surface area contributed by atoms with Crippen molar-refractivity contribution in [2.75, 3.05) is 12.2 Å². The molecule has 1 N–H and O–H groups in total. The number of rotatable bonds is 5. The minimum atomic E-state index is -0.893. The summed E-state index contributed by atoms with van der Waals surface area (Å²) in [6, 6.07) is 10.0. The molecule has 0 radical (unpaired) electrons. The summed E-state index contributed by atoms with van der Waals surface area (Å²) in [7, 11) is 1.19. The second-order valence-electron chi connectivity index (χ2n) is 6.12. The molecule has 0 saturated heterocycles. The van der Waals surface area contributed by atoms with E-state index in [2.05, 4.69) is 4.74 Å². The highest BCUT2D eigenvalue weighted by Gasteiger charge is 2.29. The Balaban J connectivity index is 1.91. The number of hydroxylamine groups is 1. The normalized spacial score (nSPS) is 13.4. The van der Waals surface area contributed by atoms with Crippen molar-refractivity contribution in [2.45, 2.75) is 32.3 Å². The first kappa shape index (κ1) is 17.2. The highest BCUT2D eigenvalue weighted by molar-refractivity contribution is 5.86. The number of ether oxygens (including phenoxy) is 2. The number of methoxy groups -OCH3 is 1. The van der Waals surface area contributed by atoms with Crippen molar-refractivity contribution in [2.24, 2.45) is 0 Å². The molecule has 0 aliphatic heterocycles. The van der Waals surface area contributed by atoms with E-state index in [1.165, 1.54) is 13.2 Å². The van der Waals surface area contributed by atoms with Crippen LogP contribution in [0.25, 0.3) is 0 Å². The van der Waals surface area contributed by atoms with Gasteiger partial charge in [-0.05, 0) is 55.0 Å². The smallest absolute Gasteiger partial charge is 0.438 e. The first-order valence-corrected chi connectivity index (χ1v) is 8.09. The van der Waals surface area contributed by atoms with Crippen LogP contribution >= 0.6 is 0 Å². The number of aryl methyl sites for hydroxylation is 1. The van der Waals surface area contributed by atoms with Gasteiger partial charge in [0.15, 0.2) is 11.6 Å². The zero-order chi connectivity index (χ0) is 18.0. The first-order valence-electron chi connectivity index (χ1n) is 8.09. The van der Waals surface area contributed by atoms with Crippen molar-refractivity contribution in [3.8, 4) is 5.75 Å². The molecule has 0 bridgehead atoms. The molecule has 0 atom stereocenters. The van der Waals surface area contributed by atoms with Gasteiger partial charge in [-0.25, -0.2) is 9.18 Å². The van der Waals surface area contributed by atoms with Crippen molar-refractivity contribution < 1.29 is 23.9 Å². The molecule has 6 heteroatoms. The zero-order valence-corrected chi connectivity index (χ0v) is 14.2. The van der Waals surface area contributed by atoms with Crippen LogP contribution in [0, 0.1) is 12.7 Å². The van der Waals surface area contributed by atoms with Crippen LogP contribution in [0.4, 0.5) is 14.9 Å². The van der Waals surface area contributed by atoms with E-state index in [9.17, 15) is 14.4 Å². The molecular weight excluding hydrogens is 325 g/mol. The summed E-state index contributed by atoms with van der Waals surface area (Å²) < 4.78 is 24.2. The van der Waals surface area contributed by atoms with Crippen molar-refractivity contribution in [3.05, 3.63) is 58.9 Å². The van der Waals surface area contributed by atoms with Gasteiger partial charge < -0.3 is 9.47 Å². The number of benzene rings is 2. The molecule has 1 aliphatic rings. The lowest BCUT2D eigenvalue weighted by atomic mass is 10.0. The van der Waals surface area contributed by atoms with Crippen LogP contribution in [0.3, 0.4) is 0 Å². The Morgan fingerprint density at radius 1 is 1.32 bits per heavy atom. The van der Waals surface area contributed by atoms with Gasteiger partial charge in [-0.15, -0.1) is 0 Å². The van der Waals surface area contributed by atoms with Gasteiger partial charge in [0.2, 0.25) is 0 Å². The Morgan fingerprint density at radius 3 is 2.72 bits per heavy atom. The highest BCUT2D eigenvalue weighted by atomic mass is 19.1. The summed E-state index contributed by atoms with van der Waals surface area (Å²) in [5.74, 6) is 0.0523. The average Bonchev–Trinajstić information content (AvgIpc) is 3.44. The third-order valence-corrected chi connectivity index (χ3v) is 4.24. The fourth-order valence-corrected chi connectivity index (χ4v) is 2.78. The molecule has 1 amide bonds. The van der Waals surface area contributed by atoms with E-state index in [4.69, 9.17) is 4.74 Å². The molecule has 0 heterocycles. The molecule has 1 saturated carbocycles. The molecule has 2 aromatic carbocycles. The van der Waals surface area contributed by atoms with E-state index in [-0.39, 0.29) is 18.0 Å². The van der Waals surface area contributed by atoms with E-state index in [0.717, 1.165) is 24.0 Å². The second-order valence-corrected chi connectivity index (χ2v) is 6.12. The Hall–Kier alpha value is -2.60. The maximum absolute atomic E-state index is 14.0. The topological polar surface area (TPSA) is 59.0 Å². The van der Waals surface area contributed by atoms with Gasteiger partial charge in [-0.3, -0.25) is 5.21 Å².